The zero-order chi connectivity index (χ0) is 12.1. The molecule has 0 aliphatic heterocycles. The van der Waals surface area contributed by atoms with E-state index in [1.807, 2.05) is 24.3 Å². The summed E-state index contributed by atoms with van der Waals surface area (Å²) in [4.78, 5) is 10.9. The largest absolute Gasteiger partial charge is 0.490 e. The Morgan fingerprint density at radius 2 is 2.18 bits per heavy atom. The van der Waals surface area contributed by atoms with Crippen LogP contribution in [0.1, 0.15) is 0 Å². The number of H-pyrrole nitrogens is 1. The van der Waals surface area contributed by atoms with E-state index in [1.165, 1.54) is 0 Å². The number of methoxy groups -OCH3 is 1. The third kappa shape index (κ3) is 2.92. The molecule has 17 heavy (non-hydrogen) atoms. The Balaban J connectivity index is 2.24. The second kappa shape index (κ2) is 5.60. The number of para-hydroxylation sites is 1. The van der Waals surface area contributed by atoms with Gasteiger partial charge < -0.3 is 9.47 Å². The number of nitrogens with zero attached hydrogens (tertiary/aromatic N) is 1. The van der Waals surface area contributed by atoms with E-state index in [0.717, 1.165) is 16.9 Å². The first-order chi connectivity index (χ1) is 8.31. The monoisotopic (exact) mass is 252 g/mol. The van der Waals surface area contributed by atoms with Gasteiger partial charge in [0, 0.05) is 7.11 Å². The smallest absolute Gasteiger partial charge is 0.322 e. The van der Waals surface area contributed by atoms with E-state index in [2.05, 4.69) is 10.2 Å². The van der Waals surface area contributed by atoms with E-state index in [-0.39, 0.29) is 4.87 Å². The highest BCUT2D eigenvalue weighted by Gasteiger charge is 2.09. The van der Waals surface area contributed by atoms with Gasteiger partial charge in [-0.1, -0.05) is 23.5 Å². The Hall–Kier alpha value is -1.66. The van der Waals surface area contributed by atoms with Crippen molar-refractivity contribution >= 4 is 11.3 Å². The van der Waals surface area contributed by atoms with Crippen LogP contribution >= 0.6 is 11.3 Å². The average molecular weight is 252 g/mol. The number of benzene rings is 1. The number of nitrogens with one attached hydrogen (secondary N) is 1. The summed E-state index contributed by atoms with van der Waals surface area (Å²) in [5, 5.41) is 6.97. The van der Waals surface area contributed by atoms with Crippen molar-refractivity contribution in [3.05, 3.63) is 33.9 Å². The van der Waals surface area contributed by atoms with E-state index in [4.69, 9.17) is 9.47 Å². The van der Waals surface area contributed by atoms with Gasteiger partial charge in [0.1, 0.15) is 12.4 Å². The molecule has 1 aromatic heterocycles. The fraction of sp³-hybridized carbons (Fsp3) is 0.273. The molecular formula is C11H12N2O3S. The summed E-state index contributed by atoms with van der Waals surface area (Å²) in [6.45, 7) is 0.984. The number of aromatic nitrogens is 2. The van der Waals surface area contributed by atoms with E-state index in [1.54, 1.807) is 7.11 Å². The molecule has 2 aromatic rings. The summed E-state index contributed by atoms with van der Waals surface area (Å²) >= 11 is 1.06. The highest BCUT2D eigenvalue weighted by atomic mass is 32.1. The molecule has 0 saturated carbocycles. The summed E-state index contributed by atoms with van der Waals surface area (Å²) in [7, 11) is 1.62. The van der Waals surface area contributed by atoms with Crippen molar-refractivity contribution < 1.29 is 9.47 Å². The molecule has 90 valence electrons. The molecule has 1 aromatic carbocycles. The maximum Gasteiger partial charge on any atom is 0.322 e. The number of aromatic amines is 1. The van der Waals surface area contributed by atoms with Crippen molar-refractivity contribution in [1.29, 1.82) is 0 Å². The van der Waals surface area contributed by atoms with Gasteiger partial charge in [-0.25, -0.2) is 5.10 Å². The van der Waals surface area contributed by atoms with Crippen molar-refractivity contribution in [2.75, 3.05) is 20.3 Å². The van der Waals surface area contributed by atoms with Crippen LogP contribution in [0.4, 0.5) is 0 Å². The predicted octanol–water partition coefficient (Wildman–Crippen LogP) is 1.52. The third-order valence-electron chi connectivity index (χ3n) is 2.10. The maximum atomic E-state index is 11.1. The van der Waals surface area contributed by atoms with Crippen LogP contribution in [-0.4, -0.2) is 30.5 Å². The highest BCUT2D eigenvalue weighted by molar-refractivity contribution is 7.12. The van der Waals surface area contributed by atoms with Crippen LogP contribution in [0.5, 0.6) is 5.75 Å². The summed E-state index contributed by atoms with van der Waals surface area (Å²) < 4.78 is 10.5. The molecule has 0 aliphatic rings. The van der Waals surface area contributed by atoms with Gasteiger partial charge in [0.05, 0.1) is 12.2 Å². The molecule has 1 N–H and O–H groups in total. The van der Waals surface area contributed by atoms with Gasteiger partial charge in [-0.2, -0.15) is 5.10 Å². The minimum Gasteiger partial charge on any atom is -0.490 e. The van der Waals surface area contributed by atoms with Crippen molar-refractivity contribution in [2.24, 2.45) is 0 Å². The van der Waals surface area contributed by atoms with E-state index < -0.39 is 0 Å². The summed E-state index contributed by atoms with van der Waals surface area (Å²) in [5.74, 6) is 0.701. The summed E-state index contributed by atoms with van der Waals surface area (Å²) in [5.41, 5.74) is 0.812. The SMILES string of the molecule is COCCOc1ccccc1-c1n[nH]c(=O)s1. The Morgan fingerprint density at radius 3 is 2.88 bits per heavy atom. The van der Waals surface area contributed by atoms with Gasteiger partial charge in [0.2, 0.25) is 0 Å². The van der Waals surface area contributed by atoms with Crippen LogP contribution in [0.25, 0.3) is 10.6 Å². The fourth-order valence-electron chi connectivity index (χ4n) is 1.35. The Bertz CT molecular complexity index is 535. The fourth-order valence-corrected chi connectivity index (χ4v) is 1.99. The van der Waals surface area contributed by atoms with Gasteiger partial charge in [-0.3, -0.25) is 4.79 Å². The van der Waals surface area contributed by atoms with Crippen molar-refractivity contribution in [3.8, 4) is 16.3 Å². The normalized spacial score (nSPS) is 10.4. The average Bonchev–Trinajstić information content (AvgIpc) is 2.77. The molecule has 6 heteroatoms. The minimum atomic E-state index is -0.174. The van der Waals surface area contributed by atoms with Crippen LogP contribution in [0.3, 0.4) is 0 Å². The first-order valence-electron chi connectivity index (χ1n) is 5.08. The van der Waals surface area contributed by atoms with Gasteiger partial charge in [0.15, 0.2) is 5.01 Å². The number of hydrogen-bond donors (Lipinski definition) is 1. The molecule has 0 aliphatic carbocycles. The summed E-state index contributed by atoms with van der Waals surface area (Å²) in [6.07, 6.45) is 0. The van der Waals surface area contributed by atoms with Crippen LogP contribution in [-0.2, 0) is 4.74 Å². The van der Waals surface area contributed by atoms with Gasteiger partial charge in [0.25, 0.3) is 0 Å². The lowest BCUT2D eigenvalue weighted by Gasteiger charge is -2.08. The number of hydrogen-bond acceptors (Lipinski definition) is 5. The van der Waals surface area contributed by atoms with Crippen molar-refractivity contribution in [1.82, 2.24) is 10.2 Å². The first-order valence-corrected chi connectivity index (χ1v) is 5.89. The molecule has 1 heterocycles. The van der Waals surface area contributed by atoms with E-state index in [9.17, 15) is 4.79 Å². The molecule has 5 nitrogen and oxygen atoms in total. The molecule has 0 saturated heterocycles. The second-order valence-electron chi connectivity index (χ2n) is 3.26. The number of rotatable bonds is 5. The van der Waals surface area contributed by atoms with Gasteiger partial charge in [-0.15, -0.1) is 0 Å². The zero-order valence-electron chi connectivity index (χ0n) is 9.30. The third-order valence-corrected chi connectivity index (χ3v) is 2.88. The topological polar surface area (TPSA) is 64.2 Å². The van der Waals surface area contributed by atoms with Crippen molar-refractivity contribution in [2.45, 2.75) is 0 Å². The molecule has 0 atom stereocenters. The maximum absolute atomic E-state index is 11.1. The molecule has 0 spiro atoms. The quantitative estimate of drug-likeness (QED) is 0.819. The Morgan fingerprint density at radius 1 is 1.35 bits per heavy atom. The van der Waals surface area contributed by atoms with Crippen molar-refractivity contribution in [3.63, 3.8) is 0 Å². The van der Waals surface area contributed by atoms with E-state index in [0.29, 0.717) is 24.0 Å². The molecule has 2 rings (SSSR count). The highest BCUT2D eigenvalue weighted by Crippen LogP contribution is 2.29. The van der Waals surface area contributed by atoms with Gasteiger partial charge >= 0.3 is 4.87 Å². The van der Waals surface area contributed by atoms with Gasteiger partial charge in [-0.05, 0) is 12.1 Å². The molecule has 0 amide bonds. The lowest BCUT2D eigenvalue weighted by Crippen LogP contribution is -2.04. The number of ether oxygens (including phenoxy) is 2. The zero-order valence-corrected chi connectivity index (χ0v) is 10.1. The van der Waals surface area contributed by atoms with Crippen LogP contribution < -0.4 is 9.61 Å². The van der Waals surface area contributed by atoms with Crippen LogP contribution in [0.2, 0.25) is 0 Å². The molecular weight excluding hydrogens is 240 g/mol. The van der Waals surface area contributed by atoms with E-state index >= 15 is 0 Å². The lowest BCUT2D eigenvalue weighted by molar-refractivity contribution is 0.146. The predicted molar refractivity (Wildman–Crippen MR) is 65.5 cm³/mol. The molecule has 0 fully saturated rings. The first kappa shape index (κ1) is 11.8. The standard InChI is InChI=1S/C11H12N2O3S/c1-15-6-7-16-9-5-3-2-4-8(9)10-12-13-11(14)17-10/h2-5H,6-7H2,1H3,(H,13,14). The van der Waals surface area contributed by atoms with Crippen LogP contribution in [0, 0.1) is 0 Å². The molecule has 0 unspecified atom stereocenters. The Labute approximate surface area is 102 Å². The summed E-state index contributed by atoms with van der Waals surface area (Å²) in [6, 6.07) is 7.47. The second-order valence-corrected chi connectivity index (χ2v) is 4.22. The lowest BCUT2D eigenvalue weighted by atomic mass is 10.2. The minimum absolute atomic E-state index is 0.174. The van der Waals surface area contributed by atoms with Crippen LogP contribution in [0.15, 0.2) is 29.1 Å². The Kier molecular flexibility index (Phi) is 3.89. The molecule has 0 radical (unpaired) electrons. The molecule has 0 bridgehead atoms.